The van der Waals surface area contributed by atoms with Crippen LogP contribution in [0, 0.1) is 5.92 Å². The molecule has 0 saturated carbocycles. The van der Waals surface area contributed by atoms with Gasteiger partial charge in [0.05, 0.1) is 19.1 Å². The van der Waals surface area contributed by atoms with Gasteiger partial charge in [0, 0.05) is 46.9 Å². The number of nitrogens with zero attached hydrogens (tertiary/aromatic N) is 3. The molecule has 2 heterocycles. The second-order valence-electron chi connectivity index (χ2n) is 5.80. The van der Waals surface area contributed by atoms with Crippen LogP contribution in [0.3, 0.4) is 0 Å². The van der Waals surface area contributed by atoms with E-state index >= 15 is 0 Å². The van der Waals surface area contributed by atoms with E-state index in [9.17, 15) is 9.59 Å². The summed E-state index contributed by atoms with van der Waals surface area (Å²) in [5.41, 5.74) is 0. The molecule has 1 atom stereocenters. The van der Waals surface area contributed by atoms with Crippen molar-refractivity contribution in [2.45, 2.75) is 12.8 Å². The largest absolute Gasteiger partial charge is 0.381 e. The van der Waals surface area contributed by atoms with Gasteiger partial charge in [-0.15, -0.1) is 0 Å². The molecule has 2 aliphatic rings. The Hall–Kier alpha value is -1.14. The third-order valence-corrected chi connectivity index (χ3v) is 4.04. The minimum Gasteiger partial charge on any atom is -0.381 e. The summed E-state index contributed by atoms with van der Waals surface area (Å²) in [5, 5.41) is 0. The number of rotatable bonds is 3. The number of amides is 2. The minimum absolute atomic E-state index is 0.0463. The number of likely N-dealkylation sites (N-methyl/N-ethyl adjacent to an activating group) is 1. The van der Waals surface area contributed by atoms with E-state index in [4.69, 9.17) is 4.74 Å². The zero-order valence-corrected chi connectivity index (χ0v) is 12.5. The van der Waals surface area contributed by atoms with Crippen molar-refractivity contribution in [1.29, 1.82) is 0 Å². The van der Waals surface area contributed by atoms with Crippen molar-refractivity contribution in [2.24, 2.45) is 5.92 Å². The number of carbonyl (C=O) groups excluding carboxylic acids is 2. The van der Waals surface area contributed by atoms with Gasteiger partial charge in [0.15, 0.2) is 0 Å². The van der Waals surface area contributed by atoms with Gasteiger partial charge in [0.25, 0.3) is 0 Å². The molecule has 2 fully saturated rings. The Bertz CT molecular complexity index is 354. The topological polar surface area (TPSA) is 53.1 Å². The van der Waals surface area contributed by atoms with E-state index in [-0.39, 0.29) is 17.7 Å². The third kappa shape index (κ3) is 3.93. The first-order valence-corrected chi connectivity index (χ1v) is 7.37. The van der Waals surface area contributed by atoms with E-state index in [1.807, 2.05) is 4.90 Å². The van der Waals surface area contributed by atoms with Gasteiger partial charge in [-0.25, -0.2) is 0 Å². The van der Waals surface area contributed by atoms with E-state index < -0.39 is 0 Å². The fourth-order valence-corrected chi connectivity index (χ4v) is 2.67. The first-order valence-electron chi connectivity index (χ1n) is 7.37. The lowest BCUT2D eigenvalue weighted by Crippen LogP contribution is -2.41. The standard InChI is InChI=1S/C14H25N3O3/c1-15(2)13(18)10-16-5-3-6-17(8-7-16)14(19)12-4-9-20-11-12/h12H,3-11H2,1-2H3/t12-/m0/s1. The van der Waals surface area contributed by atoms with E-state index in [0.717, 1.165) is 39.0 Å². The van der Waals surface area contributed by atoms with Gasteiger partial charge >= 0.3 is 0 Å². The molecule has 0 aliphatic carbocycles. The summed E-state index contributed by atoms with van der Waals surface area (Å²) >= 11 is 0. The summed E-state index contributed by atoms with van der Waals surface area (Å²) < 4.78 is 5.29. The Morgan fingerprint density at radius 2 is 2.00 bits per heavy atom. The predicted molar refractivity (Wildman–Crippen MR) is 75.3 cm³/mol. The molecule has 2 amide bonds. The molecule has 0 bridgehead atoms. The van der Waals surface area contributed by atoms with Crippen LogP contribution in [-0.2, 0) is 14.3 Å². The highest BCUT2D eigenvalue weighted by molar-refractivity contribution is 5.79. The highest BCUT2D eigenvalue weighted by atomic mass is 16.5. The number of carbonyl (C=O) groups is 2. The number of hydrogen-bond acceptors (Lipinski definition) is 4. The molecule has 0 aromatic carbocycles. The lowest BCUT2D eigenvalue weighted by atomic mass is 10.1. The Balaban J connectivity index is 1.82. The molecular formula is C14H25N3O3. The molecule has 0 aromatic heterocycles. The Morgan fingerprint density at radius 1 is 1.20 bits per heavy atom. The SMILES string of the molecule is CN(C)C(=O)CN1CCCN(C(=O)[C@H]2CCOC2)CC1. The van der Waals surface area contributed by atoms with Crippen LogP contribution >= 0.6 is 0 Å². The summed E-state index contributed by atoms with van der Waals surface area (Å²) in [6.45, 7) is 4.88. The van der Waals surface area contributed by atoms with Crippen LogP contribution in [0.25, 0.3) is 0 Å². The molecular weight excluding hydrogens is 258 g/mol. The van der Waals surface area contributed by atoms with E-state index in [0.29, 0.717) is 19.8 Å². The summed E-state index contributed by atoms with van der Waals surface area (Å²) in [4.78, 5) is 29.8. The Labute approximate surface area is 120 Å². The smallest absolute Gasteiger partial charge is 0.236 e. The maximum Gasteiger partial charge on any atom is 0.236 e. The molecule has 20 heavy (non-hydrogen) atoms. The third-order valence-electron chi connectivity index (χ3n) is 4.04. The van der Waals surface area contributed by atoms with Crippen LogP contribution < -0.4 is 0 Å². The lowest BCUT2D eigenvalue weighted by Gasteiger charge is -2.24. The van der Waals surface area contributed by atoms with E-state index in [1.165, 1.54) is 0 Å². The van der Waals surface area contributed by atoms with Gasteiger partial charge in [-0.1, -0.05) is 0 Å². The quantitative estimate of drug-likeness (QED) is 0.710. The van der Waals surface area contributed by atoms with Crippen molar-refractivity contribution in [1.82, 2.24) is 14.7 Å². The minimum atomic E-state index is 0.0463. The second kappa shape index (κ2) is 7.04. The van der Waals surface area contributed by atoms with Gasteiger partial charge in [0.2, 0.25) is 11.8 Å². The monoisotopic (exact) mass is 283 g/mol. The highest BCUT2D eigenvalue weighted by Crippen LogP contribution is 2.16. The average Bonchev–Trinajstić information content (AvgIpc) is 2.85. The maximum absolute atomic E-state index is 12.3. The molecule has 0 unspecified atom stereocenters. The van der Waals surface area contributed by atoms with Crippen LogP contribution in [0.4, 0.5) is 0 Å². The average molecular weight is 283 g/mol. The fraction of sp³-hybridized carbons (Fsp3) is 0.857. The highest BCUT2D eigenvalue weighted by Gasteiger charge is 2.29. The predicted octanol–water partition coefficient (Wildman–Crippen LogP) is -0.355. The zero-order chi connectivity index (χ0) is 14.5. The van der Waals surface area contributed by atoms with Crippen LogP contribution in [0.2, 0.25) is 0 Å². The fourth-order valence-electron chi connectivity index (χ4n) is 2.67. The zero-order valence-electron chi connectivity index (χ0n) is 12.5. The lowest BCUT2D eigenvalue weighted by molar-refractivity contribution is -0.135. The van der Waals surface area contributed by atoms with Gasteiger partial charge in [-0.2, -0.15) is 0 Å². The molecule has 0 N–H and O–H groups in total. The molecule has 114 valence electrons. The van der Waals surface area contributed by atoms with Crippen molar-refractivity contribution in [2.75, 3.05) is 60.0 Å². The van der Waals surface area contributed by atoms with Crippen molar-refractivity contribution in [3.63, 3.8) is 0 Å². The van der Waals surface area contributed by atoms with Crippen LogP contribution in [0.15, 0.2) is 0 Å². The van der Waals surface area contributed by atoms with Crippen LogP contribution in [0.5, 0.6) is 0 Å². The Morgan fingerprint density at radius 3 is 2.65 bits per heavy atom. The maximum atomic E-state index is 12.3. The first-order chi connectivity index (χ1) is 9.58. The molecule has 0 radical (unpaired) electrons. The van der Waals surface area contributed by atoms with Gasteiger partial charge in [-0.3, -0.25) is 14.5 Å². The van der Waals surface area contributed by atoms with Crippen molar-refractivity contribution in [3.05, 3.63) is 0 Å². The van der Waals surface area contributed by atoms with Crippen LogP contribution in [-0.4, -0.2) is 86.5 Å². The molecule has 2 aliphatic heterocycles. The Kier molecular flexibility index (Phi) is 5.37. The first kappa shape index (κ1) is 15.3. The molecule has 0 aromatic rings. The second-order valence-corrected chi connectivity index (χ2v) is 5.80. The molecule has 2 rings (SSSR count). The van der Waals surface area contributed by atoms with E-state index in [2.05, 4.69) is 4.90 Å². The number of ether oxygens (including phenoxy) is 1. The summed E-state index contributed by atoms with van der Waals surface area (Å²) in [6.07, 6.45) is 1.78. The van der Waals surface area contributed by atoms with Gasteiger partial charge in [-0.05, 0) is 12.8 Å². The van der Waals surface area contributed by atoms with Crippen molar-refractivity contribution < 1.29 is 14.3 Å². The van der Waals surface area contributed by atoms with Crippen molar-refractivity contribution >= 4 is 11.8 Å². The molecule has 2 saturated heterocycles. The summed E-state index contributed by atoms with van der Waals surface area (Å²) in [7, 11) is 3.55. The van der Waals surface area contributed by atoms with Crippen molar-refractivity contribution in [3.8, 4) is 0 Å². The van der Waals surface area contributed by atoms with Crippen LogP contribution in [0.1, 0.15) is 12.8 Å². The normalized spacial score (nSPS) is 24.5. The van der Waals surface area contributed by atoms with Gasteiger partial charge < -0.3 is 14.5 Å². The molecule has 6 heteroatoms. The number of hydrogen-bond donors (Lipinski definition) is 0. The van der Waals surface area contributed by atoms with E-state index in [1.54, 1.807) is 19.0 Å². The summed E-state index contributed by atoms with van der Waals surface area (Å²) in [5.74, 6) is 0.391. The molecule has 0 spiro atoms. The van der Waals surface area contributed by atoms with Gasteiger partial charge in [0.1, 0.15) is 0 Å². The molecule has 6 nitrogen and oxygen atoms in total. The summed E-state index contributed by atoms with van der Waals surface area (Å²) in [6, 6.07) is 0.